The molecule has 0 aliphatic carbocycles. The van der Waals surface area contributed by atoms with Crippen LogP contribution in [0.3, 0.4) is 0 Å². The molecular formula is C19H22N2. The second-order valence-electron chi connectivity index (χ2n) is 4.71. The van der Waals surface area contributed by atoms with Gasteiger partial charge in [-0.2, -0.15) is 0 Å². The van der Waals surface area contributed by atoms with E-state index >= 15 is 0 Å². The number of hydrogen-bond donors (Lipinski definition) is 1. The van der Waals surface area contributed by atoms with Crippen molar-refractivity contribution >= 4 is 16.6 Å². The lowest BCUT2D eigenvalue weighted by Crippen LogP contribution is -2.00. The number of benzene rings is 2. The third kappa shape index (κ3) is 3.82. The fourth-order valence-corrected chi connectivity index (χ4v) is 2.18. The van der Waals surface area contributed by atoms with Crippen molar-refractivity contribution in [2.75, 3.05) is 5.32 Å². The first-order chi connectivity index (χ1) is 10.3. The van der Waals surface area contributed by atoms with Gasteiger partial charge in [-0.05, 0) is 30.7 Å². The largest absolute Gasteiger partial charge is 0.381 e. The third-order valence-corrected chi connectivity index (χ3v) is 3.25. The summed E-state index contributed by atoms with van der Waals surface area (Å²) in [4.78, 5) is 4.47. The molecule has 1 heterocycles. The monoisotopic (exact) mass is 278 g/mol. The van der Waals surface area contributed by atoms with Crippen LogP contribution in [0.25, 0.3) is 10.9 Å². The molecule has 108 valence electrons. The van der Waals surface area contributed by atoms with Gasteiger partial charge < -0.3 is 5.32 Å². The van der Waals surface area contributed by atoms with E-state index in [2.05, 4.69) is 65.8 Å². The summed E-state index contributed by atoms with van der Waals surface area (Å²) in [5, 5.41) is 4.63. The number of anilines is 1. The number of aryl methyl sites for hydroxylation is 1. The van der Waals surface area contributed by atoms with Crippen LogP contribution in [0, 0.1) is 6.92 Å². The summed E-state index contributed by atoms with van der Waals surface area (Å²) >= 11 is 0. The predicted molar refractivity (Wildman–Crippen MR) is 91.6 cm³/mol. The van der Waals surface area contributed by atoms with Gasteiger partial charge in [0.2, 0.25) is 0 Å². The van der Waals surface area contributed by atoms with Gasteiger partial charge >= 0.3 is 0 Å². The molecular weight excluding hydrogens is 256 g/mol. The Balaban J connectivity index is 0.000000774. The number of aromatic nitrogens is 1. The Kier molecular flexibility index (Phi) is 5.33. The van der Waals surface area contributed by atoms with Crippen LogP contribution in [0.1, 0.15) is 25.0 Å². The minimum Gasteiger partial charge on any atom is -0.381 e. The molecule has 21 heavy (non-hydrogen) atoms. The molecule has 0 aliphatic rings. The average Bonchev–Trinajstić information content (AvgIpc) is 2.56. The maximum Gasteiger partial charge on any atom is 0.0751 e. The Bertz CT molecular complexity index is 682. The lowest BCUT2D eigenvalue weighted by atomic mass is 10.1. The van der Waals surface area contributed by atoms with Gasteiger partial charge in [0, 0.05) is 23.8 Å². The van der Waals surface area contributed by atoms with Crippen LogP contribution in [0.5, 0.6) is 0 Å². The van der Waals surface area contributed by atoms with E-state index in [4.69, 9.17) is 0 Å². The van der Waals surface area contributed by atoms with Gasteiger partial charge in [0.25, 0.3) is 0 Å². The molecule has 3 aromatic rings. The van der Waals surface area contributed by atoms with E-state index < -0.39 is 0 Å². The number of hydrogen-bond acceptors (Lipinski definition) is 2. The molecule has 0 aliphatic heterocycles. The summed E-state index contributed by atoms with van der Waals surface area (Å²) < 4.78 is 0. The van der Waals surface area contributed by atoms with E-state index in [-0.39, 0.29) is 0 Å². The highest BCUT2D eigenvalue weighted by molar-refractivity contribution is 5.81. The van der Waals surface area contributed by atoms with E-state index in [1.807, 2.05) is 26.1 Å². The minimum absolute atomic E-state index is 0.789. The molecule has 0 fully saturated rings. The molecule has 0 radical (unpaired) electrons. The van der Waals surface area contributed by atoms with Gasteiger partial charge in [-0.15, -0.1) is 0 Å². The van der Waals surface area contributed by atoms with Crippen molar-refractivity contribution in [1.29, 1.82) is 0 Å². The highest BCUT2D eigenvalue weighted by Gasteiger charge is 2.01. The van der Waals surface area contributed by atoms with Crippen LogP contribution in [-0.2, 0) is 6.54 Å². The molecule has 2 aromatic carbocycles. The summed E-state index contributed by atoms with van der Waals surface area (Å²) in [6.07, 6.45) is 1.84. The van der Waals surface area contributed by atoms with Gasteiger partial charge in [0.1, 0.15) is 0 Å². The third-order valence-electron chi connectivity index (χ3n) is 3.25. The van der Waals surface area contributed by atoms with Crippen LogP contribution in [0.4, 0.5) is 5.69 Å². The highest BCUT2D eigenvalue weighted by atomic mass is 14.9. The Morgan fingerprint density at radius 2 is 1.62 bits per heavy atom. The molecule has 1 N–H and O–H groups in total. The molecule has 0 saturated carbocycles. The quantitative estimate of drug-likeness (QED) is 0.714. The molecule has 3 rings (SSSR count). The van der Waals surface area contributed by atoms with Crippen LogP contribution in [0.2, 0.25) is 0 Å². The normalized spacial score (nSPS) is 9.86. The average molecular weight is 278 g/mol. The van der Waals surface area contributed by atoms with Crippen molar-refractivity contribution in [2.24, 2.45) is 0 Å². The fourth-order valence-electron chi connectivity index (χ4n) is 2.18. The number of fused-ring (bicyclic) bond motifs is 1. The summed E-state index contributed by atoms with van der Waals surface area (Å²) in [6.45, 7) is 6.88. The summed E-state index contributed by atoms with van der Waals surface area (Å²) in [5.74, 6) is 0. The first-order valence-electron chi connectivity index (χ1n) is 7.46. The lowest BCUT2D eigenvalue weighted by Gasteiger charge is -2.09. The van der Waals surface area contributed by atoms with Gasteiger partial charge in [0.05, 0.1) is 5.52 Å². The minimum atomic E-state index is 0.789. The molecule has 2 heteroatoms. The maximum absolute atomic E-state index is 4.47. The fraction of sp³-hybridized carbons (Fsp3) is 0.211. The molecule has 0 amide bonds. The van der Waals surface area contributed by atoms with E-state index in [9.17, 15) is 0 Å². The molecule has 0 unspecified atom stereocenters. The molecule has 0 atom stereocenters. The number of pyridine rings is 1. The van der Waals surface area contributed by atoms with Crippen molar-refractivity contribution in [3.8, 4) is 0 Å². The number of para-hydroxylation sites is 1. The number of rotatable bonds is 3. The van der Waals surface area contributed by atoms with Gasteiger partial charge in [0.15, 0.2) is 0 Å². The van der Waals surface area contributed by atoms with Crippen LogP contribution >= 0.6 is 0 Å². The first-order valence-corrected chi connectivity index (χ1v) is 7.46. The van der Waals surface area contributed by atoms with E-state index in [1.165, 1.54) is 16.5 Å². The zero-order valence-electron chi connectivity index (χ0n) is 12.9. The Labute approximate surface area is 126 Å². The van der Waals surface area contributed by atoms with Crippen molar-refractivity contribution in [2.45, 2.75) is 27.3 Å². The predicted octanol–water partition coefficient (Wildman–Crippen LogP) is 5.18. The SMILES string of the molecule is CC.Cc1ccc(NCc2cccc3cccnc23)cc1. The van der Waals surface area contributed by atoms with Crippen LogP contribution < -0.4 is 5.32 Å². The summed E-state index contributed by atoms with van der Waals surface area (Å²) in [5.41, 5.74) is 4.71. The first kappa shape index (κ1) is 15.0. The second-order valence-corrected chi connectivity index (χ2v) is 4.71. The Morgan fingerprint density at radius 1 is 0.905 bits per heavy atom. The molecule has 0 saturated heterocycles. The van der Waals surface area contributed by atoms with Crippen molar-refractivity contribution in [3.05, 3.63) is 71.9 Å². The van der Waals surface area contributed by atoms with Crippen molar-refractivity contribution in [1.82, 2.24) is 4.98 Å². The summed E-state index contributed by atoms with van der Waals surface area (Å²) in [7, 11) is 0. The van der Waals surface area contributed by atoms with E-state index in [0.717, 1.165) is 17.7 Å². The highest BCUT2D eigenvalue weighted by Crippen LogP contribution is 2.17. The zero-order chi connectivity index (χ0) is 15.1. The molecule has 2 nitrogen and oxygen atoms in total. The smallest absolute Gasteiger partial charge is 0.0751 e. The van der Waals surface area contributed by atoms with Crippen molar-refractivity contribution < 1.29 is 0 Å². The zero-order valence-corrected chi connectivity index (χ0v) is 12.9. The number of nitrogens with one attached hydrogen (secondary N) is 1. The van der Waals surface area contributed by atoms with E-state index in [0.29, 0.717) is 0 Å². The van der Waals surface area contributed by atoms with Crippen LogP contribution in [-0.4, -0.2) is 4.98 Å². The second kappa shape index (κ2) is 7.44. The van der Waals surface area contributed by atoms with Gasteiger partial charge in [-0.3, -0.25) is 4.98 Å². The molecule has 0 spiro atoms. The van der Waals surface area contributed by atoms with Gasteiger partial charge in [-0.1, -0.05) is 55.8 Å². The number of nitrogens with zero attached hydrogens (tertiary/aromatic N) is 1. The molecule has 0 bridgehead atoms. The topological polar surface area (TPSA) is 24.9 Å². The maximum atomic E-state index is 4.47. The molecule has 1 aromatic heterocycles. The van der Waals surface area contributed by atoms with Gasteiger partial charge in [-0.25, -0.2) is 0 Å². The van der Waals surface area contributed by atoms with Crippen LogP contribution in [0.15, 0.2) is 60.8 Å². The Morgan fingerprint density at radius 3 is 2.38 bits per heavy atom. The standard InChI is InChI=1S/C17H16N2.C2H6/c1-13-7-9-16(10-8-13)19-12-15-5-2-4-14-6-3-11-18-17(14)15;1-2/h2-11,19H,12H2,1H3;1-2H3. The van der Waals surface area contributed by atoms with Crippen molar-refractivity contribution in [3.63, 3.8) is 0 Å². The van der Waals surface area contributed by atoms with E-state index in [1.54, 1.807) is 0 Å². The lowest BCUT2D eigenvalue weighted by molar-refractivity contribution is 1.15. The summed E-state index contributed by atoms with van der Waals surface area (Å²) in [6, 6.07) is 18.8. The Hall–Kier alpha value is -2.35.